The first kappa shape index (κ1) is 20.9. The number of hydrogen-bond donors (Lipinski definition) is 2. The fourth-order valence-electron chi connectivity index (χ4n) is 3.37. The van der Waals surface area contributed by atoms with Gasteiger partial charge in [-0.05, 0) is 36.8 Å². The number of hydrogen-bond acceptors (Lipinski definition) is 6. The maximum absolute atomic E-state index is 11.8. The molecule has 3 aromatic rings. The quantitative estimate of drug-likeness (QED) is 0.552. The van der Waals surface area contributed by atoms with Crippen LogP contribution in [0.2, 0.25) is 0 Å². The van der Waals surface area contributed by atoms with Crippen molar-refractivity contribution in [2.24, 2.45) is 0 Å². The molecule has 1 saturated heterocycles. The number of carbonyl (C=O) groups excluding carboxylic acids is 2. The molecular weight excluding hydrogens is 414 g/mol. The molecule has 4 rings (SSSR count). The van der Waals surface area contributed by atoms with Crippen LogP contribution in [0.5, 0.6) is 5.75 Å². The highest BCUT2D eigenvalue weighted by molar-refractivity contribution is 7.98. The zero-order valence-corrected chi connectivity index (χ0v) is 18.1. The summed E-state index contributed by atoms with van der Waals surface area (Å²) in [7, 11) is 1.62. The highest BCUT2D eigenvalue weighted by Crippen LogP contribution is 2.27. The summed E-state index contributed by atoms with van der Waals surface area (Å²) in [5.74, 6) is 1.88. The van der Waals surface area contributed by atoms with Gasteiger partial charge in [-0.2, -0.15) is 0 Å². The summed E-state index contributed by atoms with van der Waals surface area (Å²) >= 11 is 1.59. The van der Waals surface area contributed by atoms with Crippen LogP contribution in [0.15, 0.2) is 53.7 Å². The minimum absolute atomic E-state index is 0.201. The number of methoxy groups -OCH3 is 1. The Hall–Kier alpha value is -3.33. The van der Waals surface area contributed by atoms with Gasteiger partial charge in [0.05, 0.1) is 7.11 Å². The summed E-state index contributed by atoms with van der Waals surface area (Å²) in [5.41, 5.74) is 3.30. The Morgan fingerprint density at radius 3 is 2.52 bits per heavy atom. The molecule has 1 unspecified atom stereocenters. The molecule has 0 bridgehead atoms. The Labute approximate surface area is 184 Å². The van der Waals surface area contributed by atoms with Crippen LogP contribution in [0.25, 0.3) is 5.69 Å². The van der Waals surface area contributed by atoms with Crippen molar-refractivity contribution in [3.05, 3.63) is 65.5 Å². The molecule has 2 heterocycles. The number of aryl methyl sites for hydroxylation is 1. The molecule has 1 aromatic heterocycles. The van der Waals surface area contributed by atoms with Gasteiger partial charge < -0.3 is 10.1 Å². The number of ether oxygens (including phenoxy) is 1. The van der Waals surface area contributed by atoms with E-state index < -0.39 is 6.03 Å². The molecule has 1 aliphatic rings. The Morgan fingerprint density at radius 1 is 1.10 bits per heavy atom. The second kappa shape index (κ2) is 9.22. The molecule has 31 heavy (non-hydrogen) atoms. The number of carbonyl (C=O) groups is 2. The number of amides is 3. The average molecular weight is 438 g/mol. The molecule has 160 valence electrons. The summed E-state index contributed by atoms with van der Waals surface area (Å²) in [6, 6.07) is 15.2. The van der Waals surface area contributed by atoms with Crippen LogP contribution in [0.1, 0.15) is 23.4 Å². The lowest BCUT2D eigenvalue weighted by Crippen LogP contribution is -2.53. The number of rotatable bonds is 7. The molecule has 3 amide bonds. The Morgan fingerprint density at radius 2 is 1.84 bits per heavy atom. The molecule has 0 aliphatic carbocycles. The van der Waals surface area contributed by atoms with Crippen LogP contribution in [0.4, 0.5) is 4.79 Å². The molecular formula is C22H23N5O3S. The van der Waals surface area contributed by atoms with Crippen LogP contribution < -0.4 is 15.4 Å². The largest absolute Gasteiger partial charge is 0.497 e. The van der Waals surface area contributed by atoms with E-state index in [2.05, 4.69) is 52.0 Å². The lowest BCUT2D eigenvalue weighted by molar-refractivity contribution is -0.121. The molecule has 8 nitrogen and oxygen atoms in total. The van der Waals surface area contributed by atoms with Gasteiger partial charge in [0, 0.05) is 30.3 Å². The summed E-state index contributed by atoms with van der Waals surface area (Å²) < 4.78 is 7.24. The van der Waals surface area contributed by atoms with E-state index in [1.807, 2.05) is 28.8 Å². The van der Waals surface area contributed by atoms with Crippen molar-refractivity contribution in [2.45, 2.75) is 36.7 Å². The number of aromatic nitrogens is 3. The number of thioether (sulfide) groups is 1. The van der Waals surface area contributed by atoms with Crippen molar-refractivity contribution in [2.75, 3.05) is 7.11 Å². The number of benzene rings is 2. The Balaban J connectivity index is 1.61. The predicted molar refractivity (Wildman–Crippen MR) is 117 cm³/mol. The van der Waals surface area contributed by atoms with E-state index in [4.69, 9.17) is 4.74 Å². The van der Waals surface area contributed by atoms with E-state index >= 15 is 0 Å². The highest BCUT2D eigenvalue weighted by atomic mass is 32.2. The van der Waals surface area contributed by atoms with Crippen LogP contribution in [0, 0.1) is 6.92 Å². The summed E-state index contributed by atoms with van der Waals surface area (Å²) in [4.78, 5) is 23.4. The van der Waals surface area contributed by atoms with Gasteiger partial charge in [0.15, 0.2) is 5.16 Å². The summed E-state index contributed by atoms with van der Waals surface area (Å²) in [6.45, 7) is 2.06. The molecule has 0 radical (unpaired) electrons. The second-order valence-corrected chi connectivity index (χ2v) is 8.28. The third-order valence-electron chi connectivity index (χ3n) is 4.97. The first-order valence-electron chi connectivity index (χ1n) is 9.89. The van der Waals surface area contributed by atoms with Crippen molar-refractivity contribution in [3.8, 4) is 11.4 Å². The smallest absolute Gasteiger partial charge is 0.321 e. The average Bonchev–Trinajstić information content (AvgIpc) is 3.15. The van der Waals surface area contributed by atoms with Gasteiger partial charge in [-0.15, -0.1) is 10.2 Å². The SMILES string of the molecule is COc1ccc(-n2c(CC3CC(=O)NC(=O)N3)nnc2SCc2ccc(C)cc2)cc1. The van der Waals surface area contributed by atoms with Crippen molar-refractivity contribution in [1.82, 2.24) is 25.4 Å². The van der Waals surface area contributed by atoms with E-state index in [0.29, 0.717) is 12.2 Å². The topological polar surface area (TPSA) is 98.1 Å². The van der Waals surface area contributed by atoms with Gasteiger partial charge in [-0.3, -0.25) is 14.7 Å². The zero-order chi connectivity index (χ0) is 21.8. The summed E-state index contributed by atoms with van der Waals surface area (Å²) in [5, 5.41) is 14.6. The Kier molecular flexibility index (Phi) is 6.22. The van der Waals surface area contributed by atoms with E-state index in [0.717, 1.165) is 22.3 Å². The van der Waals surface area contributed by atoms with Crippen LogP contribution >= 0.6 is 11.8 Å². The number of nitrogens with zero attached hydrogens (tertiary/aromatic N) is 3. The van der Waals surface area contributed by atoms with Crippen LogP contribution in [-0.2, 0) is 17.0 Å². The van der Waals surface area contributed by atoms with Gasteiger partial charge in [0.25, 0.3) is 0 Å². The van der Waals surface area contributed by atoms with E-state index in [-0.39, 0.29) is 18.4 Å². The third-order valence-corrected chi connectivity index (χ3v) is 5.97. The fourth-order valence-corrected chi connectivity index (χ4v) is 4.29. The van der Waals surface area contributed by atoms with Crippen LogP contribution in [-0.4, -0.2) is 39.9 Å². The molecule has 1 atom stereocenters. The van der Waals surface area contributed by atoms with Crippen molar-refractivity contribution in [1.29, 1.82) is 0 Å². The summed E-state index contributed by atoms with van der Waals surface area (Å²) in [6.07, 6.45) is 0.594. The molecule has 2 N–H and O–H groups in total. The van der Waals surface area contributed by atoms with E-state index in [1.165, 1.54) is 11.1 Å². The molecule has 0 saturated carbocycles. The van der Waals surface area contributed by atoms with Crippen molar-refractivity contribution in [3.63, 3.8) is 0 Å². The third kappa shape index (κ3) is 5.05. The standard InChI is InChI=1S/C22H23N5O3S/c1-14-3-5-15(6-4-14)13-31-22-26-25-19(11-16-12-20(28)24-21(29)23-16)27(22)17-7-9-18(30-2)10-8-17/h3-10,16H,11-13H2,1-2H3,(H2,23,24,28,29). The van der Waals surface area contributed by atoms with Gasteiger partial charge in [0.2, 0.25) is 5.91 Å². The molecule has 9 heteroatoms. The van der Waals surface area contributed by atoms with Gasteiger partial charge in [-0.25, -0.2) is 4.79 Å². The minimum Gasteiger partial charge on any atom is -0.497 e. The highest BCUT2D eigenvalue weighted by Gasteiger charge is 2.26. The van der Waals surface area contributed by atoms with E-state index in [1.54, 1.807) is 18.9 Å². The number of imide groups is 1. The van der Waals surface area contributed by atoms with Crippen molar-refractivity contribution >= 4 is 23.7 Å². The fraction of sp³-hybridized carbons (Fsp3) is 0.273. The first-order chi connectivity index (χ1) is 15.0. The zero-order valence-electron chi connectivity index (χ0n) is 17.3. The normalized spacial score (nSPS) is 16.0. The monoisotopic (exact) mass is 437 g/mol. The van der Waals surface area contributed by atoms with E-state index in [9.17, 15) is 9.59 Å². The lowest BCUT2D eigenvalue weighted by atomic mass is 10.1. The molecule has 2 aromatic carbocycles. The Bertz CT molecular complexity index is 1060. The van der Waals surface area contributed by atoms with Gasteiger partial charge in [0.1, 0.15) is 11.6 Å². The van der Waals surface area contributed by atoms with Crippen molar-refractivity contribution < 1.29 is 14.3 Å². The van der Waals surface area contributed by atoms with Gasteiger partial charge >= 0.3 is 6.03 Å². The number of nitrogens with one attached hydrogen (secondary N) is 2. The maximum Gasteiger partial charge on any atom is 0.321 e. The van der Waals surface area contributed by atoms with Gasteiger partial charge in [-0.1, -0.05) is 41.6 Å². The second-order valence-electron chi connectivity index (χ2n) is 7.33. The minimum atomic E-state index is -0.481. The predicted octanol–water partition coefficient (Wildman–Crippen LogP) is 3.02. The molecule has 1 fully saturated rings. The molecule has 0 spiro atoms. The number of urea groups is 1. The van der Waals surface area contributed by atoms with Crippen LogP contribution in [0.3, 0.4) is 0 Å². The maximum atomic E-state index is 11.8. The molecule has 1 aliphatic heterocycles. The first-order valence-corrected chi connectivity index (χ1v) is 10.9. The lowest BCUT2D eigenvalue weighted by Gasteiger charge is -2.23.